The normalized spacial score (nSPS) is 35.0. The Bertz CT molecular complexity index is 392. The summed E-state index contributed by atoms with van der Waals surface area (Å²) >= 11 is 0. The van der Waals surface area contributed by atoms with Crippen LogP contribution in [-0.2, 0) is 9.59 Å². The molecule has 4 heteroatoms. The van der Waals surface area contributed by atoms with Gasteiger partial charge in [0.15, 0.2) is 0 Å². The number of hydrogen-bond acceptors (Lipinski definition) is 2. The first-order valence-corrected chi connectivity index (χ1v) is 7.46. The standard InChI is InChI=1S/C15H26N2O2/c1-6-9(3)12-14(19)17(11-8-15(11,4)5)10(7-2)13(18)16-12/h9-12H,6-8H2,1-5H3,(H,16,18). The van der Waals surface area contributed by atoms with Crippen LogP contribution in [0, 0.1) is 11.3 Å². The van der Waals surface area contributed by atoms with Gasteiger partial charge >= 0.3 is 0 Å². The third-order valence-corrected chi connectivity index (χ3v) is 4.85. The highest BCUT2D eigenvalue weighted by Crippen LogP contribution is 2.50. The highest BCUT2D eigenvalue weighted by atomic mass is 16.2. The van der Waals surface area contributed by atoms with Gasteiger partial charge in [-0.2, -0.15) is 0 Å². The van der Waals surface area contributed by atoms with Gasteiger partial charge in [0.25, 0.3) is 0 Å². The Kier molecular flexibility index (Phi) is 3.63. The number of carbonyl (C=O) groups is 2. The van der Waals surface area contributed by atoms with E-state index in [2.05, 4.69) is 26.1 Å². The highest BCUT2D eigenvalue weighted by molar-refractivity contribution is 5.97. The number of rotatable bonds is 4. The van der Waals surface area contributed by atoms with Crippen molar-refractivity contribution in [1.29, 1.82) is 0 Å². The first kappa shape index (κ1) is 14.4. The van der Waals surface area contributed by atoms with E-state index in [9.17, 15) is 9.59 Å². The smallest absolute Gasteiger partial charge is 0.246 e. The maximum Gasteiger partial charge on any atom is 0.246 e. The van der Waals surface area contributed by atoms with Gasteiger partial charge in [-0.05, 0) is 24.2 Å². The number of nitrogens with one attached hydrogen (secondary N) is 1. The number of carbonyl (C=O) groups excluding carboxylic acids is 2. The Morgan fingerprint density at radius 3 is 2.37 bits per heavy atom. The molecule has 0 aromatic heterocycles. The summed E-state index contributed by atoms with van der Waals surface area (Å²) in [6, 6.07) is -0.376. The van der Waals surface area contributed by atoms with Crippen molar-refractivity contribution in [2.45, 2.75) is 72.0 Å². The molecule has 2 aliphatic rings. The largest absolute Gasteiger partial charge is 0.342 e. The minimum Gasteiger partial charge on any atom is -0.342 e. The Morgan fingerprint density at radius 1 is 1.37 bits per heavy atom. The van der Waals surface area contributed by atoms with Crippen molar-refractivity contribution in [3.05, 3.63) is 0 Å². The molecule has 108 valence electrons. The van der Waals surface area contributed by atoms with Gasteiger partial charge in [-0.1, -0.05) is 41.0 Å². The van der Waals surface area contributed by atoms with Gasteiger partial charge in [-0.25, -0.2) is 0 Å². The van der Waals surface area contributed by atoms with Gasteiger partial charge < -0.3 is 10.2 Å². The van der Waals surface area contributed by atoms with E-state index < -0.39 is 0 Å². The van der Waals surface area contributed by atoms with E-state index in [0.29, 0.717) is 6.42 Å². The second kappa shape index (κ2) is 4.80. The lowest BCUT2D eigenvalue weighted by atomic mass is 9.93. The molecule has 1 N–H and O–H groups in total. The monoisotopic (exact) mass is 266 g/mol. The minimum atomic E-state index is -0.336. The predicted molar refractivity (Wildman–Crippen MR) is 74.5 cm³/mol. The molecule has 19 heavy (non-hydrogen) atoms. The van der Waals surface area contributed by atoms with E-state index in [1.807, 2.05) is 18.7 Å². The van der Waals surface area contributed by atoms with E-state index >= 15 is 0 Å². The third-order valence-electron chi connectivity index (χ3n) is 4.85. The lowest BCUT2D eigenvalue weighted by molar-refractivity contribution is -0.152. The molecule has 1 aliphatic heterocycles. The van der Waals surface area contributed by atoms with E-state index in [4.69, 9.17) is 0 Å². The third kappa shape index (κ3) is 2.37. The van der Waals surface area contributed by atoms with Crippen molar-refractivity contribution in [3.63, 3.8) is 0 Å². The summed E-state index contributed by atoms with van der Waals surface area (Å²) in [5, 5.41) is 2.93. The van der Waals surface area contributed by atoms with Gasteiger partial charge in [0.2, 0.25) is 11.8 Å². The van der Waals surface area contributed by atoms with Crippen LogP contribution in [0.1, 0.15) is 53.9 Å². The fourth-order valence-electron chi connectivity index (χ4n) is 3.04. The maximum absolute atomic E-state index is 12.7. The first-order valence-electron chi connectivity index (χ1n) is 7.46. The van der Waals surface area contributed by atoms with Crippen LogP contribution in [0.15, 0.2) is 0 Å². The quantitative estimate of drug-likeness (QED) is 0.845. The lowest BCUT2D eigenvalue weighted by Crippen LogP contribution is -2.65. The van der Waals surface area contributed by atoms with Gasteiger partial charge in [0.05, 0.1) is 0 Å². The fraction of sp³-hybridized carbons (Fsp3) is 0.867. The summed E-state index contributed by atoms with van der Waals surface area (Å²) in [7, 11) is 0. The molecule has 2 amide bonds. The maximum atomic E-state index is 12.7. The average molecular weight is 266 g/mol. The molecular weight excluding hydrogens is 240 g/mol. The number of nitrogens with zero attached hydrogens (tertiary/aromatic N) is 1. The molecule has 0 aromatic rings. The fourth-order valence-corrected chi connectivity index (χ4v) is 3.04. The van der Waals surface area contributed by atoms with Crippen molar-refractivity contribution < 1.29 is 9.59 Å². The summed E-state index contributed by atoms with van der Waals surface area (Å²) < 4.78 is 0. The zero-order valence-corrected chi connectivity index (χ0v) is 12.7. The summed E-state index contributed by atoms with van der Waals surface area (Å²) in [5.41, 5.74) is 0.167. The van der Waals surface area contributed by atoms with E-state index in [-0.39, 0.29) is 41.3 Å². The van der Waals surface area contributed by atoms with Gasteiger partial charge in [0, 0.05) is 6.04 Å². The Labute approximate surface area is 115 Å². The zero-order chi connectivity index (χ0) is 14.4. The molecule has 2 fully saturated rings. The van der Waals surface area contributed by atoms with E-state index in [0.717, 1.165) is 12.8 Å². The SMILES string of the molecule is CCC(C)C1NC(=O)C(CC)N(C2CC2(C)C)C1=O. The molecule has 4 atom stereocenters. The second-order valence-corrected chi connectivity index (χ2v) is 6.75. The minimum absolute atomic E-state index is 0.0232. The van der Waals surface area contributed by atoms with Gasteiger partial charge in [0.1, 0.15) is 12.1 Å². The molecule has 1 aliphatic carbocycles. The van der Waals surface area contributed by atoms with Crippen LogP contribution in [0.4, 0.5) is 0 Å². The van der Waals surface area contributed by atoms with Crippen molar-refractivity contribution in [2.24, 2.45) is 11.3 Å². The Hall–Kier alpha value is -1.06. The van der Waals surface area contributed by atoms with E-state index in [1.165, 1.54) is 0 Å². The summed E-state index contributed by atoms with van der Waals surface area (Å²) in [4.78, 5) is 26.9. The summed E-state index contributed by atoms with van der Waals surface area (Å²) in [6.45, 7) is 10.4. The molecule has 0 bridgehead atoms. The van der Waals surface area contributed by atoms with Crippen molar-refractivity contribution in [1.82, 2.24) is 10.2 Å². The Morgan fingerprint density at radius 2 is 1.95 bits per heavy atom. The molecule has 4 unspecified atom stereocenters. The van der Waals surface area contributed by atoms with Crippen LogP contribution >= 0.6 is 0 Å². The van der Waals surface area contributed by atoms with Crippen LogP contribution in [0.25, 0.3) is 0 Å². The molecule has 0 aromatic carbocycles. The molecule has 1 saturated heterocycles. The van der Waals surface area contributed by atoms with E-state index in [1.54, 1.807) is 0 Å². The predicted octanol–water partition coefficient (Wildman–Crippen LogP) is 1.94. The van der Waals surface area contributed by atoms with Gasteiger partial charge in [-0.15, -0.1) is 0 Å². The van der Waals surface area contributed by atoms with Crippen LogP contribution in [0.5, 0.6) is 0 Å². The molecule has 1 heterocycles. The van der Waals surface area contributed by atoms with Crippen molar-refractivity contribution in [2.75, 3.05) is 0 Å². The number of piperazine rings is 1. The molecule has 0 spiro atoms. The van der Waals surface area contributed by atoms with Crippen LogP contribution in [0.2, 0.25) is 0 Å². The molecule has 1 saturated carbocycles. The molecular formula is C15H26N2O2. The number of hydrogen-bond donors (Lipinski definition) is 1. The topological polar surface area (TPSA) is 49.4 Å². The molecule has 0 radical (unpaired) electrons. The van der Waals surface area contributed by atoms with Gasteiger partial charge in [-0.3, -0.25) is 9.59 Å². The molecule has 2 rings (SSSR count). The lowest BCUT2D eigenvalue weighted by Gasteiger charge is -2.41. The van der Waals surface area contributed by atoms with Crippen LogP contribution < -0.4 is 5.32 Å². The first-order chi connectivity index (χ1) is 8.83. The van der Waals surface area contributed by atoms with Crippen molar-refractivity contribution in [3.8, 4) is 0 Å². The average Bonchev–Trinajstić information content (AvgIpc) is 2.98. The highest BCUT2D eigenvalue weighted by Gasteiger charge is 2.56. The van der Waals surface area contributed by atoms with Crippen molar-refractivity contribution >= 4 is 11.8 Å². The number of amides is 2. The van der Waals surface area contributed by atoms with Crippen LogP contribution in [-0.4, -0.2) is 34.8 Å². The second-order valence-electron chi connectivity index (χ2n) is 6.75. The Balaban J connectivity index is 2.25. The molecule has 4 nitrogen and oxygen atoms in total. The zero-order valence-electron chi connectivity index (χ0n) is 12.7. The van der Waals surface area contributed by atoms with Crippen LogP contribution in [0.3, 0.4) is 0 Å². The summed E-state index contributed by atoms with van der Waals surface area (Å²) in [6.07, 6.45) is 2.60. The summed E-state index contributed by atoms with van der Waals surface area (Å²) in [5.74, 6) is 0.338.